The fourth-order valence-corrected chi connectivity index (χ4v) is 6.18. The lowest BCUT2D eigenvalue weighted by molar-refractivity contribution is -0.129. The molecular weight excluding hydrogens is 670 g/mol. The first-order valence-electron chi connectivity index (χ1n) is 18.0. The molecule has 51 heavy (non-hydrogen) atoms. The van der Waals surface area contributed by atoms with E-state index in [1.54, 1.807) is 24.3 Å². The Hall–Kier alpha value is -4.06. The molecule has 12 heteroatoms. The summed E-state index contributed by atoms with van der Waals surface area (Å²) in [6, 6.07) is 7.68. The van der Waals surface area contributed by atoms with Crippen LogP contribution in [-0.2, 0) is 28.7 Å². The molecule has 0 atom stereocenters. The molecule has 276 valence electrons. The highest BCUT2D eigenvalue weighted by atomic mass is 35.5. The minimum Gasteiger partial charge on any atom is -0.379 e. The molecule has 0 radical (unpaired) electrons. The van der Waals surface area contributed by atoms with Crippen LogP contribution in [-0.4, -0.2) is 99.8 Å². The first-order chi connectivity index (χ1) is 24.7. The van der Waals surface area contributed by atoms with Crippen molar-refractivity contribution in [1.82, 2.24) is 15.5 Å². The summed E-state index contributed by atoms with van der Waals surface area (Å²) in [7, 11) is 3.92. The van der Waals surface area contributed by atoms with Crippen molar-refractivity contribution in [2.45, 2.75) is 63.8 Å². The molecule has 11 nitrogen and oxygen atoms in total. The van der Waals surface area contributed by atoms with Crippen LogP contribution in [0.2, 0.25) is 0 Å². The van der Waals surface area contributed by atoms with Gasteiger partial charge in [0.2, 0.25) is 11.8 Å². The van der Waals surface area contributed by atoms with E-state index in [2.05, 4.69) is 15.6 Å². The third-order valence-corrected chi connectivity index (χ3v) is 9.24. The van der Waals surface area contributed by atoms with E-state index < -0.39 is 0 Å². The fourth-order valence-electron chi connectivity index (χ4n) is 5.99. The number of ketones is 1. The van der Waals surface area contributed by atoms with Crippen molar-refractivity contribution in [3.63, 3.8) is 0 Å². The molecule has 2 N–H and O–H groups in total. The zero-order valence-corrected chi connectivity index (χ0v) is 30.7. The number of allylic oxidation sites excluding steroid dienone is 5. The van der Waals surface area contributed by atoms with Gasteiger partial charge in [-0.05, 0) is 80.0 Å². The Kier molecular flexibility index (Phi) is 16.6. The molecule has 1 fully saturated rings. The number of amides is 3. The second-order valence-corrected chi connectivity index (χ2v) is 13.5. The summed E-state index contributed by atoms with van der Waals surface area (Å²) >= 11 is 5.68. The zero-order chi connectivity index (χ0) is 36.4. The lowest BCUT2D eigenvalue weighted by Gasteiger charge is -2.29. The van der Waals surface area contributed by atoms with E-state index in [4.69, 9.17) is 21.1 Å². The molecule has 0 bridgehead atoms. The number of hydrogen-bond donors (Lipinski definition) is 2. The predicted octanol–water partition coefficient (Wildman–Crippen LogP) is 4.97. The second kappa shape index (κ2) is 21.3. The number of carbonyl (C=O) groups excluding carboxylic acids is 4. The first kappa shape index (κ1) is 39.7. The third-order valence-electron chi connectivity index (χ3n) is 8.97. The van der Waals surface area contributed by atoms with Crippen LogP contribution in [0.3, 0.4) is 0 Å². The van der Waals surface area contributed by atoms with Crippen LogP contribution < -0.4 is 15.5 Å². The number of rotatable bonds is 20. The number of anilines is 1. The number of unbranched alkanes of at least 4 members (excludes halogenated alkanes) is 3. The maximum atomic E-state index is 13.5. The van der Waals surface area contributed by atoms with E-state index in [0.717, 1.165) is 49.1 Å². The molecule has 2 aliphatic carbocycles. The highest BCUT2D eigenvalue weighted by Gasteiger charge is 2.32. The summed E-state index contributed by atoms with van der Waals surface area (Å²) in [4.78, 5) is 59.1. The summed E-state index contributed by atoms with van der Waals surface area (Å²) in [6.45, 7) is 2.44. The van der Waals surface area contributed by atoms with Gasteiger partial charge < -0.3 is 25.0 Å². The normalized spacial score (nSPS) is 19.8. The molecule has 0 saturated heterocycles. The molecule has 3 aliphatic rings. The molecule has 1 saturated carbocycles. The maximum Gasteiger partial charge on any atom is 0.278 e. The zero-order valence-electron chi connectivity index (χ0n) is 29.9. The van der Waals surface area contributed by atoms with Crippen molar-refractivity contribution < 1.29 is 28.7 Å². The molecule has 0 unspecified atom stereocenters. The third kappa shape index (κ3) is 13.5. The minimum atomic E-state index is -0.365. The Morgan fingerprint density at radius 3 is 2.35 bits per heavy atom. The van der Waals surface area contributed by atoms with Gasteiger partial charge >= 0.3 is 0 Å². The average Bonchev–Trinajstić information content (AvgIpc) is 3.41. The van der Waals surface area contributed by atoms with Gasteiger partial charge in [-0.15, -0.1) is 11.6 Å². The Morgan fingerprint density at radius 2 is 1.67 bits per heavy atom. The van der Waals surface area contributed by atoms with Gasteiger partial charge in [0.05, 0.1) is 19.8 Å². The van der Waals surface area contributed by atoms with Gasteiger partial charge in [-0.25, -0.2) is 4.99 Å². The van der Waals surface area contributed by atoms with Gasteiger partial charge in [0, 0.05) is 57.2 Å². The van der Waals surface area contributed by atoms with Gasteiger partial charge in [0.1, 0.15) is 18.1 Å². The number of aliphatic imine (C=N–C) groups is 1. The number of amidine groups is 1. The van der Waals surface area contributed by atoms with Crippen LogP contribution in [0.25, 0.3) is 6.08 Å². The Labute approximate surface area is 306 Å². The van der Waals surface area contributed by atoms with Crippen LogP contribution in [0.15, 0.2) is 70.9 Å². The van der Waals surface area contributed by atoms with Gasteiger partial charge in [-0.3, -0.25) is 24.1 Å². The number of benzene rings is 1. The lowest BCUT2D eigenvalue weighted by Crippen LogP contribution is -2.46. The molecule has 1 aliphatic heterocycles. The largest absolute Gasteiger partial charge is 0.379 e. The van der Waals surface area contributed by atoms with E-state index in [1.165, 1.54) is 11.0 Å². The summed E-state index contributed by atoms with van der Waals surface area (Å²) in [5, 5.41) is 6.03. The Bertz CT molecular complexity index is 1490. The smallest absolute Gasteiger partial charge is 0.278 e. The van der Waals surface area contributed by atoms with Crippen LogP contribution in [0.5, 0.6) is 0 Å². The summed E-state index contributed by atoms with van der Waals surface area (Å²) in [5.74, 6) is 0.337. The van der Waals surface area contributed by atoms with Crippen molar-refractivity contribution in [3.05, 3.63) is 71.5 Å². The number of hydrogen-bond acceptors (Lipinski definition) is 8. The topological polar surface area (TPSA) is 130 Å². The summed E-state index contributed by atoms with van der Waals surface area (Å²) in [6.07, 6.45) is 17.6. The van der Waals surface area contributed by atoms with E-state index in [9.17, 15) is 19.2 Å². The summed E-state index contributed by atoms with van der Waals surface area (Å²) in [5.41, 5.74) is 2.91. The van der Waals surface area contributed by atoms with Gasteiger partial charge in [0.25, 0.3) is 5.91 Å². The number of alkyl halides is 1. The van der Waals surface area contributed by atoms with Crippen molar-refractivity contribution in [2.24, 2.45) is 10.9 Å². The monoisotopic (exact) mass is 721 g/mol. The van der Waals surface area contributed by atoms with Gasteiger partial charge in [0.15, 0.2) is 5.78 Å². The van der Waals surface area contributed by atoms with E-state index >= 15 is 0 Å². The predicted molar refractivity (Wildman–Crippen MR) is 202 cm³/mol. The molecule has 1 heterocycles. The van der Waals surface area contributed by atoms with E-state index in [0.29, 0.717) is 70.2 Å². The number of carbonyl (C=O) groups is 4. The van der Waals surface area contributed by atoms with Crippen LogP contribution in [0.1, 0.15) is 63.4 Å². The van der Waals surface area contributed by atoms with Crippen molar-refractivity contribution in [2.75, 3.05) is 64.4 Å². The molecule has 0 aromatic heterocycles. The van der Waals surface area contributed by atoms with Crippen LogP contribution >= 0.6 is 11.6 Å². The van der Waals surface area contributed by atoms with Crippen molar-refractivity contribution in [3.8, 4) is 0 Å². The lowest BCUT2D eigenvalue weighted by atomic mass is 9.85. The number of ether oxygens (including phenoxy) is 2. The molecule has 0 spiro atoms. The van der Waals surface area contributed by atoms with Crippen LogP contribution in [0, 0.1) is 5.92 Å². The number of nitrogens with zero attached hydrogens (tertiary/aromatic N) is 3. The number of halogens is 1. The van der Waals surface area contributed by atoms with Crippen LogP contribution in [0.4, 0.5) is 5.69 Å². The highest BCUT2D eigenvalue weighted by molar-refractivity contribution is 6.19. The molecule has 3 amide bonds. The highest BCUT2D eigenvalue weighted by Crippen LogP contribution is 2.25. The fraction of sp³-hybridized carbons (Fsp3) is 0.513. The van der Waals surface area contributed by atoms with E-state index in [-0.39, 0.29) is 47.7 Å². The average molecular weight is 722 g/mol. The van der Waals surface area contributed by atoms with Crippen molar-refractivity contribution >= 4 is 52.7 Å². The van der Waals surface area contributed by atoms with Gasteiger partial charge in [-0.2, -0.15) is 0 Å². The second-order valence-electron chi connectivity index (χ2n) is 13.2. The Morgan fingerprint density at radius 1 is 0.941 bits per heavy atom. The van der Waals surface area contributed by atoms with Crippen molar-refractivity contribution in [1.29, 1.82) is 0 Å². The SMILES string of the molecule is CN(C)c1ccc(/C=C2N=C(/C=C/C3=CCC(=O)C=C3)N(CC(=O)NC3CCC(C(=O)NCCOCCOCCCCCCCl)CC3)C/2=O)cc1. The molecule has 1 aromatic carbocycles. The van der Waals surface area contributed by atoms with Gasteiger partial charge in [-0.1, -0.05) is 43.2 Å². The Balaban J connectivity index is 1.21. The summed E-state index contributed by atoms with van der Waals surface area (Å²) < 4.78 is 11.2. The standard InChI is InChI=1S/C39H52ClN5O6/c1-44(2)33-16-7-30(8-17-33)27-35-39(49)45(36(43-35)20-11-29-9-18-34(46)19-10-29)28-37(47)42-32-14-12-31(13-15-32)38(48)41-22-24-51-26-25-50-23-6-4-3-5-21-40/h7-11,16-18,20,27,31-32H,3-6,12-15,19,21-26,28H2,1-2H3,(H,41,48)(H,42,47)/b20-11+,35-27+. The minimum absolute atomic E-state index is 0.00911. The molecule has 4 rings (SSSR count). The number of nitrogens with one attached hydrogen (secondary N) is 2. The maximum absolute atomic E-state index is 13.5. The quantitative estimate of drug-likeness (QED) is 0.111. The molecular formula is C39H52ClN5O6. The first-order valence-corrected chi connectivity index (χ1v) is 18.5. The van der Waals surface area contributed by atoms with E-state index in [1.807, 2.05) is 49.3 Å². The molecule has 1 aromatic rings.